The highest BCUT2D eigenvalue weighted by Crippen LogP contribution is 2.27. The maximum atomic E-state index is 14.9. The number of nitrogens with zero attached hydrogens (tertiary/aromatic N) is 2. The van der Waals surface area contributed by atoms with Gasteiger partial charge in [-0.3, -0.25) is 0 Å². The Labute approximate surface area is 141 Å². The predicted molar refractivity (Wildman–Crippen MR) is 89.0 cm³/mol. The van der Waals surface area contributed by atoms with Crippen molar-refractivity contribution in [2.24, 2.45) is 7.05 Å². The monoisotopic (exact) mass is 376 g/mol. The molecule has 0 fully saturated rings. The zero-order valence-corrected chi connectivity index (χ0v) is 14.2. The summed E-state index contributed by atoms with van der Waals surface area (Å²) in [6.45, 7) is 0. The van der Waals surface area contributed by atoms with Crippen molar-refractivity contribution in [3.05, 3.63) is 63.6 Å². The Morgan fingerprint density at radius 3 is 2.70 bits per heavy atom. The number of ether oxygens (including phenoxy) is 1. The first kappa shape index (κ1) is 15.7. The van der Waals surface area contributed by atoms with Gasteiger partial charge < -0.3 is 9.30 Å². The average Bonchev–Trinajstić information content (AvgIpc) is 2.92. The minimum Gasteiger partial charge on any atom is -0.465 e. The fourth-order valence-corrected chi connectivity index (χ4v) is 2.80. The van der Waals surface area contributed by atoms with Crippen molar-refractivity contribution < 1.29 is 13.9 Å². The summed E-state index contributed by atoms with van der Waals surface area (Å²) in [6, 6.07) is 9.15. The molecule has 1 aromatic heterocycles. The Morgan fingerprint density at radius 1 is 1.35 bits per heavy atom. The molecule has 0 atom stereocenters. The van der Waals surface area contributed by atoms with Crippen molar-refractivity contribution in [1.29, 1.82) is 0 Å². The van der Waals surface area contributed by atoms with Crippen molar-refractivity contribution in [2.75, 3.05) is 7.11 Å². The number of benzene rings is 2. The van der Waals surface area contributed by atoms with Crippen molar-refractivity contribution >= 4 is 32.9 Å². The lowest BCUT2D eigenvalue weighted by molar-refractivity contribution is 0.0599. The summed E-state index contributed by atoms with van der Waals surface area (Å²) in [7, 11) is 3.04. The third-order valence-electron chi connectivity index (χ3n) is 3.76. The Kier molecular flexibility index (Phi) is 4.17. The predicted octanol–water partition coefficient (Wildman–Crippen LogP) is 3.85. The van der Waals surface area contributed by atoms with Crippen LogP contribution in [0.5, 0.6) is 0 Å². The Hall–Kier alpha value is -2.21. The van der Waals surface area contributed by atoms with Gasteiger partial charge in [0.1, 0.15) is 5.52 Å². The Morgan fingerprint density at radius 2 is 2.04 bits per heavy atom. The summed E-state index contributed by atoms with van der Waals surface area (Å²) in [5.74, 6) is -1.04. The van der Waals surface area contributed by atoms with Crippen LogP contribution in [0.2, 0.25) is 0 Å². The summed E-state index contributed by atoms with van der Waals surface area (Å²) < 4.78 is 22.3. The molecule has 0 radical (unpaired) electrons. The fourth-order valence-electron chi connectivity index (χ4n) is 2.54. The highest BCUT2D eigenvalue weighted by Gasteiger charge is 2.21. The third-order valence-corrected chi connectivity index (χ3v) is 4.29. The number of methoxy groups -OCH3 is 1. The lowest BCUT2D eigenvalue weighted by Gasteiger charge is -2.11. The number of aromatic nitrogens is 2. The molecule has 0 saturated carbocycles. The molecule has 3 aromatic rings. The lowest BCUT2D eigenvalue weighted by Crippen LogP contribution is -2.09. The summed E-state index contributed by atoms with van der Waals surface area (Å²) in [6.07, 6.45) is 1.81. The van der Waals surface area contributed by atoms with Gasteiger partial charge in [0.25, 0.3) is 0 Å². The third kappa shape index (κ3) is 2.86. The molecule has 0 amide bonds. The van der Waals surface area contributed by atoms with E-state index in [1.807, 2.05) is 24.3 Å². The molecule has 118 valence electrons. The fraction of sp³-hybridized carbons (Fsp3) is 0.176. The molecular formula is C17H14BrFN2O2. The first-order chi connectivity index (χ1) is 11.0. The van der Waals surface area contributed by atoms with Crippen LogP contribution in [0.3, 0.4) is 0 Å². The summed E-state index contributed by atoms with van der Waals surface area (Å²) in [4.78, 5) is 16.2. The number of hydrogen-bond acceptors (Lipinski definition) is 3. The molecule has 0 spiro atoms. The number of fused-ring (bicyclic) bond motifs is 1. The van der Waals surface area contributed by atoms with Crippen LogP contribution in [0, 0.1) is 5.82 Å². The number of hydrogen-bond donors (Lipinski definition) is 0. The molecule has 0 unspecified atom stereocenters. The van der Waals surface area contributed by atoms with E-state index in [-0.39, 0.29) is 17.5 Å². The van der Waals surface area contributed by atoms with Crippen molar-refractivity contribution in [1.82, 2.24) is 9.55 Å². The number of imidazole rings is 1. The Bertz CT molecular complexity index is 888. The number of halogens is 2. The van der Waals surface area contributed by atoms with Crippen LogP contribution in [-0.4, -0.2) is 22.6 Å². The second kappa shape index (κ2) is 6.12. The molecular weight excluding hydrogens is 363 g/mol. The van der Waals surface area contributed by atoms with E-state index in [0.717, 1.165) is 10.0 Å². The molecule has 0 N–H and O–H groups in total. The van der Waals surface area contributed by atoms with Gasteiger partial charge in [0.05, 0.1) is 24.5 Å². The smallest absolute Gasteiger partial charge is 0.338 e. The zero-order valence-electron chi connectivity index (χ0n) is 12.6. The van der Waals surface area contributed by atoms with Crippen LogP contribution >= 0.6 is 15.9 Å². The van der Waals surface area contributed by atoms with Gasteiger partial charge in [-0.1, -0.05) is 28.1 Å². The first-order valence-corrected chi connectivity index (χ1v) is 7.75. The van der Waals surface area contributed by atoms with Crippen LogP contribution in [-0.2, 0) is 18.2 Å². The number of aryl methyl sites for hydroxylation is 1. The van der Waals surface area contributed by atoms with Crippen molar-refractivity contribution in [2.45, 2.75) is 6.42 Å². The van der Waals surface area contributed by atoms with Gasteiger partial charge in [-0.05, 0) is 23.8 Å². The van der Waals surface area contributed by atoms with Gasteiger partial charge in [0.15, 0.2) is 5.82 Å². The molecule has 1 heterocycles. The second-order valence-corrected chi connectivity index (χ2v) is 6.15. The van der Waals surface area contributed by atoms with E-state index in [9.17, 15) is 9.18 Å². The van der Waals surface area contributed by atoms with Gasteiger partial charge in [0.2, 0.25) is 0 Å². The molecule has 3 rings (SSSR count). The minimum absolute atomic E-state index is 0.226. The van der Waals surface area contributed by atoms with E-state index < -0.39 is 11.8 Å². The SMILES string of the molecule is COC(=O)c1cc2c(ncn2C)c(F)c1Cc1ccc(Br)cc1. The molecule has 6 heteroatoms. The van der Waals surface area contributed by atoms with Gasteiger partial charge >= 0.3 is 5.97 Å². The van der Waals surface area contributed by atoms with E-state index >= 15 is 0 Å². The quantitative estimate of drug-likeness (QED) is 0.652. The molecule has 0 aliphatic rings. The Balaban J connectivity index is 2.18. The van der Waals surface area contributed by atoms with Crippen LogP contribution in [0.4, 0.5) is 4.39 Å². The van der Waals surface area contributed by atoms with Crippen LogP contribution < -0.4 is 0 Å². The molecule has 0 aliphatic carbocycles. The van der Waals surface area contributed by atoms with Crippen molar-refractivity contribution in [3.63, 3.8) is 0 Å². The van der Waals surface area contributed by atoms with Crippen LogP contribution in [0.1, 0.15) is 21.5 Å². The van der Waals surface area contributed by atoms with Gasteiger partial charge in [-0.15, -0.1) is 0 Å². The van der Waals surface area contributed by atoms with E-state index in [1.54, 1.807) is 17.7 Å². The van der Waals surface area contributed by atoms with Gasteiger partial charge in [0, 0.05) is 23.5 Å². The molecule has 0 bridgehead atoms. The largest absolute Gasteiger partial charge is 0.465 e. The topological polar surface area (TPSA) is 44.1 Å². The maximum Gasteiger partial charge on any atom is 0.338 e. The summed E-state index contributed by atoms with van der Waals surface area (Å²) in [5, 5.41) is 0. The maximum absolute atomic E-state index is 14.9. The van der Waals surface area contributed by atoms with E-state index in [0.29, 0.717) is 11.1 Å². The molecule has 0 aliphatic heterocycles. The lowest BCUT2D eigenvalue weighted by atomic mass is 9.98. The number of rotatable bonds is 3. The second-order valence-electron chi connectivity index (χ2n) is 5.23. The van der Waals surface area contributed by atoms with E-state index in [2.05, 4.69) is 20.9 Å². The molecule has 4 nitrogen and oxygen atoms in total. The first-order valence-electron chi connectivity index (χ1n) is 6.96. The average molecular weight is 377 g/mol. The zero-order chi connectivity index (χ0) is 16.6. The highest BCUT2D eigenvalue weighted by molar-refractivity contribution is 9.10. The highest BCUT2D eigenvalue weighted by atomic mass is 79.9. The molecule has 23 heavy (non-hydrogen) atoms. The van der Waals surface area contributed by atoms with Gasteiger partial charge in [-0.25, -0.2) is 14.2 Å². The standard InChI is InChI=1S/C17H14BrFN2O2/c1-21-9-20-16-14(21)8-13(17(22)23-2)12(15(16)19)7-10-3-5-11(18)6-4-10/h3-6,8-9H,7H2,1-2H3. The molecule has 0 saturated heterocycles. The summed E-state index contributed by atoms with van der Waals surface area (Å²) >= 11 is 3.37. The van der Waals surface area contributed by atoms with Crippen molar-refractivity contribution in [3.8, 4) is 0 Å². The minimum atomic E-state index is -0.556. The molecule has 2 aromatic carbocycles. The normalized spacial score (nSPS) is 11.0. The number of carbonyl (C=O) groups is 1. The number of carbonyl (C=O) groups excluding carboxylic acids is 1. The van der Waals surface area contributed by atoms with E-state index in [4.69, 9.17) is 4.74 Å². The van der Waals surface area contributed by atoms with E-state index in [1.165, 1.54) is 13.4 Å². The van der Waals surface area contributed by atoms with Crippen LogP contribution in [0.25, 0.3) is 11.0 Å². The van der Waals surface area contributed by atoms with Gasteiger partial charge in [-0.2, -0.15) is 0 Å². The van der Waals surface area contributed by atoms with Crippen LogP contribution in [0.15, 0.2) is 41.1 Å². The summed E-state index contributed by atoms with van der Waals surface area (Å²) in [5.41, 5.74) is 2.23. The number of esters is 1.